The Hall–Kier alpha value is -1.82. The molecule has 0 aliphatic carbocycles. The van der Waals surface area contributed by atoms with Crippen LogP contribution in [0.5, 0.6) is 0 Å². The Labute approximate surface area is 122 Å². The molecule has 108 valence electrons. The molecule has 0 bridgehead atoms. The molecule has 0 aliphatic heterocycles. The average molecular weight is 292 g/mol. The average Bonchev–Trinajstić information content (AvgIpc) is 2.93. The molecule has 0 saturated carbocycles. The summed E-state index contributed by atoms with van der Waals surface area (Å²) in [5.41, 5.74) is 7.66. The molecule has 6 heteroatoms. The molecule has 1 unspecified atom stereocenters. The van der Waals surface area contributed by atoms with Gasteiger partial charge in [-0.3, -0.25) is 9.48 Å². The zero-order valence-corrected chi connectivity index (χ0v) is 13.0. The minimum atomic E-state index is -0.184. The maximum atomic E-state index is 12.4. The van der Waals surface area contributed by atoms with Crippen molar-refractivity contribution in [2.45, 2.75) is 33.2 Å². The summed E-state index contributed by atoms with van der Waals surface area (Å²) in [6.45, 7) is 5.99. The van der Waals surface area contributed by atoms with Crippen molar-refractivity contribution >= 4 is 22.9 Å². The van der Waals surface area contributed by atoms with Crippen LogP contribution in [0.3, 0.4) is 0 Å². The number of anilines is 1. The van der Waals surface area contributed by atoms with E-state index in [-0.39, 0.29) is 11.9 Å². The molecule has 0 fully saturated rings. The lowest BCUT2D eigenvalue weighted by Crippen LogP contribution is -2.28. The lowest BCUT2D eigenvalue weighted by molar-refractivity contribution is 0.0932. The molecule has 5 nitrogen and oxygen atoms in total. The number of nitrogens with two attached hydrogens (primary N) is 1. The van der Waals surface area contributed by atoms with Crippen LogP contribution in [0.25, 0.3) is 0 Å². The molecule has 0 saturated heterocycles. The fraction of sp³-hybridized carbons (Fsp3) is 0.429. The van der Waals surface area contributed by atoms with Gasteiger partial charge < -0.3 is 11.1 Å². The van der Waals surface area contributed by atoms with E-state index in [1.165, 1.54) is 4.88 Å². The van der Waals surface area contributed by atoms with Gasteiger partial charge in [-0.05, 0) is 32.4 Å². The van der Waals surface area contributed by atoms with E-state index in [4.69, 9.17) is 5.73 Å². The van der Waals surface area contributed by atoms with Crippen LogP contribution in [-0.2, 0) is 13.5 Å². The summed E-state index contributed by atoms with van der Waals surface area (Å²) < 4.78 is 1.55. The number of nitrogen functional groups attached to an aromatic ring is 1. The van der Waals surface area contributed by atoms with E-state index in [9.17, 15) is 4.79 Å². The maximum absolute atomic E-state index is 12.4. The SMILES string of the molecule is CCc1nn(C)c(C(=O)NC(C)c2ccc(C)s2)c1N. The van der Waals surface area contributed by atoms with Gasteiger partial charge in [0.15, 0.2) is 0 Å². The van der Waals surface area contributed by atoms with Crippen LogP contribution in [0.1, 0.15) is 45.8 Å². The number of aromatic nitrogens is 2. The highest BCUT2D eigenvalue weighted by molar-refractivity contribution is 7.12. The van der Waals surface area contributed by atoms with E-state index in [1.54, 1.807) is 23.1 Å². The molecule has 2 heterocycles. The second kappa shape index (κ2) is 5.66. The van der Waals surface area contributed by atoms with E-state index in [2.05, 4.69) is 23.4 Å². The number of hydrogen-bond donors (Lipinski definition) is 2. The highest BCUT2D eigenvalue weighted by atomic mass is 32.1. The molecular weight excluding hydrogens is 272 g/mol. The molecule has 2 aromatic rings. The van der Waals surface area contributed by atoms with Gasteiger partial charge in [-0.25, -0.2) is 0 Å². The van der Waals surface area contributed by atoms with Gasteiger partial charge in [0, 0.05) is 16.8 Å². The van der Waals surface area contributed by atoms with Crippen LogP contribution in [0.15, 0.2) is 12.1 Å². The topological polar surface area (TPSA) is 72.9 Å². The van der Waals surface area contributed by atoms with Crippen molar-refractivity contribution in [1.82, 2.24) is 15.1 Å². The van der Waals surface area contributed by atoms with Crippen LogP contribution >= 0.6 is 11.3 Å². The first-order valence-electron chi connectivity index (χ1n) is 6.62. The number of hydrogen-bond acceptors (Lipinski definition) is 4. The van der Waals surface area contributed by atoms with Crippen LogP contribution in [0.4, 0.5) is 5.69 Å². The Bertz CT molecular complexity index is 629. The van der Waals surface area contributed by atoms with E-state index in [0.717, 1.165) is 10.6 Å². The third kappa shape index (κ3) is 2.70. The van der Waals surface area contributed by atoms with Gasteiger partial charge in [-0.1, -0.05) is 6.92 Å². The number of aryl methyl sites for hydroxylation is 3. The van der Waals surface area contributed by atoms with Gasteiger partial charge in [0.05, 0.1) is 17.4 Å². The number of carbonyl (C=O) groups excluding carboxylic acids is 1. The van der Waals surface area contributed by atoms with Gasteiger partial charge >= 0.3 is 0 Å². The minimum absolute atomic E-state index is 0.0411. The van der Waals surface area contributed by atoms with Crippen molar-refractivity contribution in [3.8, 4) is 0 Å². The number of nitrogens with zero attached hydrogens (tertiary/aromatic N) is 2. The summed E-state index contributed by atoms with van der Waals surface area (Å²) in [6.07, 6.45) is 0.715. The van der Waals surface area contributed by atoms with Gasteiger partial charge in [0.1, 0.15) is 5.69 Å². The Morgan fingerprint density at radius 1 is 1.55 bits per heavy atom. The third-order valence-corrected chi connectivity index (χ3v) is 4.43. The number of rotatable bonds is 4. The smallest absolute Gasteiger partial charge is 0.272 e. The first kappa shape index (κ1) is 14.6. The van der Waals surface area contributed by atoms with E-state index in [1.807, 2.05) is 19.9 Å². The molecule has 2 aromatic heterocycles. The predicted molar refractivity (Wildman–Crippen MR) is 81.9 cm³/mol. The number of carbonyl (C=O) groups is 1. The van der Waals surface area contributed by atoms with Crippen molar-refractivity contribution in [3.05, 3.63) is 33.3 Å². The van der Waals surface area contributed by atoms with Crippen molar-refractivity contribution < 1.29 is 4.79 Å². The van der Waals surface area contributed by atoms with Crippen molar-refractivity contribution in [2.24, 2.45) is 7.05 Å². The number of nitrogens with one attached hydrogen (secondary N) is 1. The summed E-state index contributed by atoms with van der Waals surface area (Å²) in [4.78, 5) is 14.7. The molecule has 1 atom stereocenters. The van der Waals surface area contributed by atoms with Gasteiger partial charge in [0.2, 0.25) is 0 Å². The van der Waals surface area contributed by atoms with Crippen LogP contribution in [-0.4, -0.2) is 15.7 Å². The molecule has 3 N–H and O–H groups in total. The van der Waals surface area contributed by atoms with Gasteiger partial charge in [0.25, 0.3) is 5.91 Å². The molecule has 20 heavy (non-hydrogen) atoms. The van der Waals surface area contributed by atoms with E-state index in [0.29, 0.717) is 17.8 Å². The zero-order chi connectivity index (χ0) is 14.9. The Balaban J connectivity index is 2.18. The highest BCUT2D eigenvalue weighted by Gasteiger charge is 2.21. The summed E-state index contributed by atoms with van der Waals surface area (Å²) in [6, 6.07) is 4.05. The summed E-state index contributed by atoms with van der Waals surface area (Å²) in [5, 5.41) is 7.24. The quantitative estimate of drug-likeness (QED) is 0.909. The molecule has 2 rings (SSSR count). The Kier molecular flexibility index (Phi) is 4.13. The van der Waals surface area contributed by atoms with Crippen LogP contribution in [0, 0.1) is 6.92 Å². The summed E-state index contributed by atoms with van der Waals surface area (Å²) in [7, 11) is 1.74. The molecule has 0 aliphatic rings. The second-order valence-corrected chi connectivity index (χ2v) is 6.15. The van der Waals surface area contributed by atoms with Crippen molar-refractivity contribution in [2.75, 3.05) is 5.73 Å². The molecule has 0 spiro atoms. The van der Waals surface area contributed by atoms with Crippen molar-refractivity contribution in [3.63, 3.8) is 0 Å². The molecule has 0 radical (unpaired) electrons. The first-order valence-corrected chi connectivity index (χ1v) is 7.44. The number of amides is 1. The molecule has 1 amide bonds. The Morgan fingerprint density at radius 2 is 2.25 bits per heavy atom. The van der Waals surface area contributed by atoms with Gasteiger partial charge in [-0.15, -0.1) is 11.3 Å². The minimum Gasteiger partial charge on any atom is -0.395 e. The lowest BCUT2D eigenvalue weighted by Gasteiger charge is -2.12. The van der Waals surface area contributed by atoms with Crippen LogP contribution in [0.2, 0.25) is 0 Å². The maximum Gasteiger partial charge on any atom is 0.272 e. The van der Waals surface area contributed by atoms with Crippen LogP contribution < -0.4 is 11.1 Å². The molecular formula is C14H20N4OS. The second-order valence-electron chi connectivity index (χ2n) is 4.83. The molecule has 0 aromatic carbocycles. The Morgan fingerprint density at radius 3 is 2.75 bits per heavy atom. The standard InChI is InChI=1S/C14H20N4OS/c1-5-10-12(15)13(18(4)17-10)14(19)16-9(3)11-7-6-8(2)20-11/h6-7,9H,5,15H2,1-4H3,(H,16,19). The van der Waals surface area contributed by atoms with Crippen molar-refractivity contribution in [1.29, 1.82) is 0 Å². The highest BCUT2D eigenvalue weighted by Crippen LogP contribution is 2.23. The number of thiophene rings is 1. The third-order valence-electron chi connectivity index (χ3n) is 3.25. The summed E-state index contributed by atoms with van der Waals surface area (Å²) in [5.74, 6) is -0.184. The fourth-order valence-corrected chi connectivity index (χ4v) is 3.03. The normalized spacial score (nSPS) is 12.4. The predicted octanol–water partition coefficient (Wildman–Crippen LogP) is 2.43. The largest absolute Gasteiger partial charge is 0.395 e. The van der Waals surface area contributed by atoms with E-state index < -0.39 is 0 Å². The monoisotopic (exact) mass is 292 g/mol. The first-order chi connectivity index (χ1) is 9.43. The van der Waals surface area contributed by atoms with E-state index >= 15 is 0 Å². The fourth-order valence-electron chi connectivity index (χ4n) is 2.15. The van der Waals surface area contributed by atoms with Gasteiger partial charge in [-0.2, -0.15) is 5.10 Å². The summed E-state index contributed by atoms with van der Waals surface area (Å²) >= 11 is 1.68. The lowest BCUT2D eigenvalue weighted by atomic mass is 10.2. The zero-order valence-electron chi connectivity index (χ0n) is 12.2.